The van der Waals surface area contributed by atoms with E-state index >= 15 is 0 Å². The fourth-order valence-corrected chi connectivity index (χ4v) is 4.22. The maximum absolute atomic E-state index is 12.9. The van der Waals surface area contributed by atoms with Gasteiger partial charge in [0.25, 0.3) is 0 Å². The van der Waals surface area contributed by atoms with Gasteiger partial charge in [0.2, 0.25) is 17.8 Å². The van der Waals surface area contributed by atoms with Crippen LogP contribution in [0, 0.1) is 5.92 Å². The third-order valence-electron chi connectivity index (χ3n) is 6.51. The topological polar surface area (TPSA) is 99.7 Å². The van der Waals surface area contributed by atoms with Crippen molar-refractivity contribution in [3.05, 3.63) is 72.9 Å². The Kier molecular flexibility index (Phi) is 9.27. The summed E-state index contributed by atoms with van der Waals surface area (Å²) in [6.45, 7) is 10.7. The molecule has 0 unspecified atom stereocenters. The highest BCUT2D eigenvalue weighted by molar-refractivity contribution is 5.96. The highest BCUT2D eigenvalue weighted by atomic mass is 16.5. The first-order valence-electron chi connectivity index (χ1n) is 13.3. The summed E-state index contributed by atoms with van der Waals surface area (Å²) in [7, 11) is 2.04. The summed E-state index contributed by atoms with van der Waals surface area (Å²) in [5.41, 5.74) is 4.18. The average molecular weight is 529 g/mol. The highest BCUT2D eigenvalue weighted by Gasteiger charge is 2.34. The van der Waals surface area contributed by atoms with Gasteiger partial charge in [-0.05, 0) is 68.1 Å². The first-order chi connectivity index (χ1) is 18.9. The number of anilines is 3. The molecule has 3 aromatic rings. The molecule has 204 valence electrons. The van der Waals surface area contributed by atoms with E-state index < -0.39 is 0 Å². The van der Waals surface area contributed by atoms with Gasteiger partial charge in [-0.25, -0.2) is 9.97 Å². The monoisotopic (exact) mass is 528 g/mol. The molecule has 9 heteroatoms. The lowest BCUT2D eigenvalue weighted by molar-refractivity contribution is -0.137. The van der Waals surface area contributed by atoms with Crippen molar-refractivity contribution >= 4 is 29.1 Å². The molecule has 2 aromatic carbocycles. The van der Waals surface area contributed by atoms with Crippen molar-refractivity contribution in [2.75, 3.05) is 43.9 Å². The summed E-state index contributed by atoms with van der Waals surface area (Å²) >= 11 is 0. The van der Waals surface area contributed by atoms with Gasteiger partial charge >= 0.3 is 0 Å². The number of hydrogen-bond donors (Lipinski definition) is 2. The molecule has 1 fully saturated rings. The van der Waals surface area contributed by atoms with Gasteiger partial charge < -0.3 is 25.2 Å². The van der Waals surface area contributed by atoms with Gasteiger partial charge in [-0.15, -0.1) is 0 Å². The number of carbonyl (C=O) groups is 2. The number of rotatable bonds is 12. The van der Waals surface area contributed by atoms with Crippen LogP contribution >= 0.6 is 0 Å². The summed E-state index contributed by atoms with van der Waals surface area (Å²) in [5, 5.41) is 6.33. The Bertz CT molecular complexity index is 1320. The lowest BCUT2D eigenvalue weighted by Gasteiger charge is -2.37. The molecule has 2 heterocycles. The minimum Gasteiger partial charge on any atom is -0.494 e. The van der Waals surface area contributed by atoms with Crippen molar-refractivity contribution < 1.29 is 14.3 Å². The standard InChI is InChI=1S/C30H36N6O3/c1-5-13-39-26-10-8-9-22(16-26)27-11-12-31-30(34-27)33-25-15-21(18-35(4)7-3)14-24(17-25)32-29(38)23-19-36(20-23)28(37)6-2/h6,8-12,14-17,23H,2,5,7,13,18-20H2,1,3-4H3,(H,32,38)(H,31,33,34). The van der Waals surface area contributed by atoms with Crippen LogP contribution in [0.5, 0.6) is 5.75 Å². The molecule has 2 amide bonds. The molecular formula is C30H36N6O3. The van der Waals surface area contributed by atoms with E-state index in [1.807, 2.05) is 55.6 Å². The molecule has 0 saturated carbocycles. The maximum Gasteiger partial charge on any atom is 0.246 e. The Morgan fingerprint density at radius 3 is 2.69 bits per heavy atom. The van der Waals surface area contributed by atoms with Gasteiger partial charge in [0.15, 0.2) is 0 Å². The van der Waals surface area contributed by atoms with E-state index in [2.05, 4.69) is 40.9 Å². The van der Waals surface area contributed by atoms with Crippen LogP contribution in [0.15, 0.2) is 67.4 Å². The molecular weight excluding hydrogens is 492 g/mol. The molecule has 0 aliphatic carbocycles. The third kappa shape index (κ3) is 7.42. The van der Waals surface area contributed by atoms with Crippen molar-refractivity contribution in [1.82, 2.24) is 19.8 Å². The van der Waals surface area contributed by atoms with Crippen LogP contribution in [0.25, 0.3) is 11.3 Å². The van der Waals surface area contributed by atoms with Crippen LogP contribution in [0.1, 0.15) is 25.8 Å². The molecule has 0 atom stereocenters. The number of aromatic nitrogens is 2. The molecule has 9 nitrogen and oxygen atoms in total. The van der Waals surface area contributed by atoms with E-state index in [1.165, 1.54) is 6.08 Å². The van der Waals surface area contributed by atoms with Gasteiger partial charge in [-0.2, -0.15) is 0 Å². The van der Waals surface area contributed by atoms with Crippen LogP contribution in [-0.2, 0) is 16.1 Å². The Morgan fingerprint density at radius 2 is 1.95 bits per heavy atom. The second-order valence-electron chi connectivity index (χ2n) is 9.65. The van der Waals surface area contributed by atoms with E-state index in [4.69, 9.17) is 9.72 Å². The smallest absolute Gasteiger partial charge is 0.246 e. The lowest BCUT2D eigenvalue weighted by atomic mass is 9.99. The molecule has 1 saturated heterocycles. The zero-order chi connectivity index (χ0) is 27.8. The summed E-state index contributed by atoms with van der Waals surface area (Å²) in [4.78, 5) is 37.5. The highest BCUT2D eigenvalue weighted by Crippen LogP contribution is 2.27. The number of amides is 2. The predicted octanol–water partition coefficient (Wildman–Crippen LogP) is 4.71. The number of likely N-dealkylation sites (tertiary alicyclic amines) is 1. The number of carbonyl (C=O) groups excluding carboxylic acids is 2. The van der Waals surface area contributed by atoms with Crippen molar-refractivity contribution in [2.45, 2.75) is 26.8 Å². The Labute approximate surface area is 229 Å². The van der Waals surface area contributed by atoms with E-state index in [0.717, 1.165) is 41.2 Å². The first-order valence-corrected chi connectivity index (χ1v) is 13.3. The zero-order valence-electron chi connectivity index (χ0n) is 22.8. The molecule has 0 spiro atoms. The maximum atomic E-state index is 12.9. The molecule has 39 heavy (non-hydrogen) atoms. The minimum absolute atomic E-state index is 0.113. The first kappa shape index (κ1) is 27.8. The van der Waals surface area contributed by atoms with Gasteiger partial charge in [0, 0.05) is 42.8 Å². The van der Waals surface area contributed by atoms with Gasteiger partial charge in [0.05, 0.1) is 18.2 Å². The van der Waals surface area contributed by atoms with Crippen LogP contribution in [0.4, 0.5) is 17.3 Å². The van der Waals surface area contributed by atoms with E-state index in [1.54, 1.807) is 11.1 Å². The summed E-state index contributed by atoms with van der Waals surface area (Å²) < 4.78 is 5.77. The number of benzene rings is 2. The van der Waals surface area contributed by atoms with Gasteiger partial charge in [-0.3, -0.25) is 9.59 Å². The van der Waals surface area contributed by atoms with Crippen molar-refractivity contribution in [3.8, 4) is 17.0 Å². The van der Waals surface area contributed by atoms with Crippen molar-refractivity contribution in [2.24, 2.45) is 5.92 Å². The Morgan fingerprint density at radius 1 is 1.15 bits per heavy atom. The molecule has 1 aliphatic heterocycles. The van der Waals surface area contributed by atoms with Gasteiger partial charge in [0.1, 0.15) is 5.75 Å². The lowest BCUT2D eigenvalue weighted by Crippen LogP contribution is -2.53. The predicted molar refractivity (Wildman–Crippen MR) is 154 cm³/mol. The molecule has 1 aliphatic rings. The Balaban J connectivity index is 1.52. The largest absolute Gasteiger partial charge is 0.494 e. The molecule has 4 rings (SSSR count). The fraction of sp³-hybridized carbons (Fsp3) is 0.333. The average Bonchev–Trinajstić information content (AvgIpc) is 2.91. The Hall–Kier alpha value is -4.24. The molecule has 0 bridgehead atoms. The third-order valence-corrected chi connectivity index (χ3v) is 6.51. The SMILES string of the molecule is C=CC(=O)N1CC(C(=O)Nc2cc(CN(C)CC)cc(Nc3nccc(-c4cccc(OCCC)c4)n3)c2)C1. The van der Waals surface area contributed by atoms with Crippen LogP contribution < -0.4 is 15.4 Å². The summed E-state index contributed by atoms with van der Waals surface area (Å²) in [6, 6.07) is 15.6. The van der Waals surface area contributed by atoms with Crippen LogP contribution in [-0.4, -0.2) is 64.9 Å². The normalized spacial score (nSPS) is 13.1. The minimum atomic E-state index is -0.246. The number of ether oxygens (including phenoxy) is 1. The van der Waals surface area contributed by atoms with Crippen LogP contribution in [0.3, 0.4) is 0 Å². The van der Waals surface area contributed by atoms with Crippen LogP contribution in [0.2, 0.25) is 0 Å². The van der Waals surface area contributed by atoms with E-state index in [-0.39, 0.29) is 17.7 Å². The molecule has 2 N–H and O–H groups in total. The quantitative estimate of drug-likeness (QED) is 0.329. The zero-order valence-corrected chi connectivity index (χ0v) is 22.8. The number of nitrogens with zero attached hydrogens (tertiary/aromatic N) is 4. The second-order valence-corrected chi connectivity index (χ2v) is 9.65. The fourth-order valence-electron chi connectivity index (χ4n) is 4.22. The molecule has 0 radical (unpaired) electrons. The van der Waals surface area contributed by atoms with E-state index in [0.29, 0.717) is 37.9 Å². The second kappa shape index (κ2) is 13.0. The summed E-state index contributed by atoms with van der Waals surface area (Å²) in [6.07, 6.45) is 3.93. The molecule has 1 aromatic heterocycles. The number of hydrogen-bond acceptors (Lipinski definition) is 7. The number of nitrogens with one attached hydrogen (secondary N) is 2. The summed E-state index contributed by atoms with van der Waals surface area (Å²) in [5.74, 6) is 0.739. The van der Waals surface area contributed by atoms with Crippen molar-refractivity contribution in [1.29, 1.82) is 0 Å². The van der Waals surface area contributed by atoms with E-state index in [9.17, 15) is 9.59 Å². The van der Waals surface area contributed by atoms with Crippen molar-refractivity contribution in [3.63, 3.8) is 0 Å². The van der Waals surface area contributed by atoms with Gasteiger partial charge in [-0.1, -0.05) is 32.6 Å².